The summed E-state index contributed by atoms with van der Waals surface area (Å²) in [4.78, 5) is 2.32. The van der Waals surface area contributed by atoms with E-state index in [0.29, 0.717) is 6.17 Å². The molecule has 3 nitrogen and oxygen atoms in total. The van der Waals surface area contributed by atoms with E-state index in [1.165, 1.54) is 57.8 Å². The summed E-state index contributed by atoms with van der Waals surface area (Å²) in [5.74, 6) is 0. The van der Waals surface area contributed by atoms with Crippen LogP contribution in [0.2, 0.25) is 0 Å². The molecule has 0 radical (unpaired) electrons. The van der Waals surface area contributed by atoms with Gasteiger partial charge in [-0.3, -0.25) is 0 Å². The van der Waals surface area contributed by atoms with Crippen LogP contribution in [0.4, 0.5) is 0 Å². The van der Waals surface area contributed by atoms with Gasteiger partial charge in [0.2, 0.25) is 0 Å². The van der Waals surface area contributed by atoms with E-state index in [1.807, 2.05) is 6.20 Å². The van der Waals surface area contributed by atoms with Crippen LogP contribution >= 0.6 is 0 Å². The molecule has 0 spiro atoms. The van der Waals surface area contributed by atoms with Crippen LogP contribution in [0.3, 0.4) is 0 Å². The number of nitrogens with two attached hydrogens (primary N) is 1. The average molecular weight is 279 g/mol. The van der Waals surface area contributed by atoms with E-state index in [1.54, 1.807) is 0 Å². The first-order chi connectivity index (χ1) is 9.88. The molecule has 1 atom stereocenters. The Hall–Kier alpha value is -0.960. The highest BCUT2D eigenvalue weighted by Crippen LogP contribution is 2.14. The van der Waals surface area contributed by atoms with E-state index in [4.69, 9.17) is 5.73 Å². The largest absolute Gasteiger partial charge is 0.370 e. The van der Waals surface area contributed by atoms with E-state index in [9.17, 15) is 0 Å². The molecule has 0 saturated heterocycles. The third-order valence-corrected chi connectivity index (χ3v) is 3.81. The predicted octanol–water partition coefficient (Wildman–Crippen LogP) is 3.73. The zero-order valence-corrected chi connectivity index (χ0v) is 13.2. The molecule has 20 heavy (non-hydrogen) atoms. The van der Waals surface area contributed by atoms with Crippen molar-refractivity contribution < 1.29 is 0 Å². The summed E-state index contributed by atoms with van der Waals surface area (Å²) in [6, 6.07) is 0. The number of allylic oxidation sites excluding steroid dienone is 2. The average Bonchev–Trinajstić information content (AvgIpc) is 2.89. The van der Waals surface area contributed by atoms with Crippen molar-refractivity contribution >= 4 is 0 Å². The van der Waals surface area contributed by atoms with Gasteiger partial charge < -0.3 is 16.0 Å². The molecule has 0 fully saturated rings. The van der Waals surface area contributed by atoms with Gasteiger partial charge in [0.25, 0.3) is 0 Å². The van der Waals surface area contributed by atoms with Gasteiger partial charge in [0.05, 0.1) is 6.17 Å². The van der Waals surface area contributed by atoms with Crippen molar-refractivity contribution in [3.8, 4) is 0 Å². The Balaban J connectivity index is 1.89. The number of hydrogen-bond donors (Lipinski definition) is 2. The molecule has 1 aliphatic rings. The van der Waals surface area contributed by atoms with Crippen molar-refractivity contribution in [2.24, 2.45) is 5.73 Å². The van der Waals surface area contributed by atoms with Crippen molar-refractivity contribution in [3.63, 3.8) is 0 Å². The smallest absolute Gasteiger partial charge is 0.0981 e. The Morgan fingerprint density at radius 1 is 1.10 bits per heavy atom. The normalized spacial score (nSPS) is 18.1. The highest BCUT2D eigenvalue weighted by atomic mass is 15.3. The summed E-state index contributed by atoms with van der Waals surface area (Å²) in [6.07, 6.45) is 21.1. The Kier molecular flexibility index (Phi) is 10.1. The first-order valence-corrected chi connectivity index (χ1v) is 8.42. The highest BCUT2D eigenvalue weighted by Gasteiger charge is 2.16. The summed E-state index contributed by atoms with van der Waals surface area (Å²) in [5.41, 5.74) is 5.61. The number of nitrogens with zero attached hydrogens (tertiary/aromatic N) is 1. The summed E-state index contributed by atoms with van der Waals surface area (Å²) in [5, 5.41) is 3.40. The standard InChI is InChI=1S/C17H33N3/c1-2-3-4-5-6-7-8-9-10-11-12-17-19-14-16-20(17)15-13-18/h4-5,14,16-17,19H,2-3,6-13,15,18H2,1H3/b5-4+. The maximum Gasteiger partial charge on any atom is 0.0981 e. The van der Waals surface area contributed by atoms with E-state index in [2.05, 4.69) is 35.5 Å². The Labute approximate surface area is 125 Å². The molecule has 0 bridgehead atoms. The van der Waals surface area contributed by atoms with Gasteiger partial charge in [-0.2, -0.15) is 0 Å². The third-order valence-electron chi connectivity index (χ3n) is 3.81. The van der Waals surface area contributed by atoms with Crippen LogP contribution in [-0.2, 0) is 0 Å². The summed E-state index contributed by atoms with van der Waals surface area (Å²) >= 11 is 0. The van der Waals surface area contributed by atoms with E-state index >= 15 is 0 Å². The summed E-state index contributed by atoms with van der Waals surface area (Å²) in [6.45, 7) is 3.92. The molecular weight excluding hydrogens is 246 g/mol. The lowest BCUT2D eigenvalue weighted by molar-refractivity contribution is 0.264. The van der Waals surface area contributed by atoms with E-state index in [-0.39, 0.29) is 0 Å². The van der Waals surface area contributed by atoms with Crippen molar-refractivity contribution in [3.05, 3.63) is 24.6 Å². The maximum absolute atomic E-state index is 5.61. The van der Waals surface area contributed by atoms with Crippen molar-refractivity contribution in [2.75, 3.05) is 13.1 Å². The van der Waals surface area contributed by atoms with Crippen LogP contribution in [0.5, 0.6) is 0 Å². The SMILES string of the molecule is CCC/C=C/CCCCCCCC1NC=CN1CCN. The van der Waals surface area contributed by atoms with Crippen LogP contribution in [0, 0.1) is 0 Å². The van der Waals surface area contributed by atoms with Crippen molar-refractivity contribution in [2.45, 2.75) is 70.9 Å². The molecule has 116 valence electrons. The zero-order valence-electron chi connectivity index (χ0n) is 13.2. The molecule has 1 aliphatic heterocycles. The lowest BCUT2D eigenvalue weighted by Crippen LogP contribution is -2.37. The molecule has 3 N–H and O–H groups in total. The molecule has 3 heteroatoms. The Bertz CT molecular complexity index is 273. The van der Waals surface area contributed by atoms with Crippen LogP contribution < -0.4 is 11.1 Å². The van der Waals surface area contributed by atoms with Crippen LogP contribution in [0.1, 0.15) is 64.7 Å². The van der Waals surface area contributed by atoms with Gasteiger partial charge in [-0.15, -0.1) is 0 Å². The summed E-state index contributed by atoms with van der Waals surface area (Å²) in [7, 11) is 0. The van der Waals surface area contributed by atoms with Crippen molar-refractivity contribution in [1.82, 2.24) is 10.2 Å². The second-order valence-corrected chi connectivity index (χ2v) is 5.63. The summed E-state index contributed by atoms with van der Waals surface area (Å²) < 4.78 is 0. The van der Waals surface area contributed by atoms with Crippen LogP contribution in [-0.4, -0.2) is 24.2 Å². The lowest BCUT2D eigenvalue weighted by atomic mass is 10.1. The first kappa shape index (κ1) is 17.1. The molecule has 1 unspecified atom stereocenters. The molecule has 0 saturated carbocycles. The fourth-order valence-electron chi connectivity index (χ4n) is 2.61. The van der Waals surface area contributed by atoms with Gasteiger partial charge in [-0.25, -0.2) is 0 Å². The predicted molar refractivity (Wildman–Crippen MR) is 88.2 cm³/mol. The fraction of sp³-hybridized carbons (Fsp3) is 0.765. The Morgan fingerprint density at radius 2 is 1.85 bits per heavy atom. The van der Waals surface area contributed by atoms with Gasteiger partial charge in [0.1, 0.15) is 0 Å². The molecule has 0 amide bonds. The van der Waals surface area contributed by atoms with Crippen LogP contribution in [0.25, 0.3) is 0 Å². The second-order valence-electron chi connectivity index (χ2n) is 5.63. The fourth-order valence-corrected chi connectivity index (χ4v) is 2.61. The van der Waals surface area contributed by atoms with E-state index < -0.39 is 0 Å². The zero-order chi connectivity index (χ0) is 14.5. The molecule has 1 rings (SSSR count). The van der Waals surface area contributed by atoms with Crippen molar-refractivity contribution in [1.29, 1.82) is 0 Å². The maximum atomic E-state index is 5.61. The minimum Gasteiger partial charge on any atom is -0.370 e. The first-order valence-electron chi connectivity index (χ1n) is 8.42. The van der Waals surface area contributed by atoms with Gasteiger partial charge >= 0.3 is 0 Å². The highest BCUT2D eigenvalue weighted by molar-refractivity contribution is 4.94. The second kappa shape index (κ2) is 11.8. The number of nitrogens with one attached hydrogen (secondary N) is 1. The minimum absolute atomic E-state index is 0.482. The molecular formula is C17H33N3. The lowest BCUT2D eigenvalue weighted by Gasteiger charge is -2.25. The third kappa shape index (κ3) is 7.59. The number of rotatable bonds is 12. The Morgan fingerprint density at radius 3 is 2.65 bits per heavy atom. The van der Waals surface area contributed by atoms with Crippen LogP contribution in [0.15, 0.2) is 24.6 Å². The topological polar surface area (TPSA) is 41.3 Å². The quantitative estimate of drug-likeness (QED) is 0.422. The number of hydrogen-bond acceptors (Lipinski definition) is 3. The van der Waals surface area contributed by atoms with E-state index in [0.717, 1.165) is 13.1 Å². The van der Waals surface area contributed by atoms with Gasteiger partial charge in [-0.1, -0.05) is 44.8 Å². The molecule has 1 heterocycles. The van der Waals surface area contributed by atoms with Gasteiger partial charge in [-0.05, 0) is 32.1 Å². The van der Waals surface area contributed by atoms with Gasteiger partial charge in [0.15, 0.2) is 0 Å². The minimum atomic E-state index is 0.482. The number of unbranched alkanes of at least 4 members (excludes halogenated alkanes) is 6. The molecule has 0 aliphatic carbocycles. The monoisotopic (exact) mass is 279 g/mol. The van der Waals surface area contributed by atoms with Gasteiger partial charge in [0, 0.05) is 25.5 Å². The molecule has 0 aromatic heterocycles. The molecule has 0 aromatic rings. The molecule has 0 aromatic carbocycles.